The number of ketones is 1. The number of Topliss-reactive ketones (excluding diaryl/α,β-unsaturated/α-hetero) is 1. The van der Waals surface area contributed by atoms with Crippen LogP contribution < -0.4 is 5.32 Å². The second kappa shape index (κ2) is 6.90. The average molecular weight is 314 g/mol. The molecule has 1 aromatic rings. The van der Waals surface area contributed by atoms with E-state index in [0.29, 0.717) is 5.69 Å². The molecule has 0 atom stereocenters. The summed E-state index contributed by atoms with van der Waals surface area (Å²) in [5.74, 6) is -1.24. The van der Waals surface area contributed by atoms with Crippen molar-refractivity contribution in [2.24, 2.45) is 0 Å². The van der Waals surface area contributed by atoms with Crippen molar-refractivity contribution in [3.8, 4) is 0 Å². The fourth-order valence-electron chi connectivity index (χ4n) is 1.30. The van der Waals surface area contributed by atoms with Crippen molar-refractivity contribution >= 4 is 39.3 Å². The lowest BCUT2D eigenvalue weighted by Crippen LogP contribution is -2.18. The quantitative estimate of drug-likeness (QED) is 0.511. The number of para-hydroxylation sites is 1. The molecule has 0 radical (unpaired) electrons. The van der Waals surface area contributed by atoms with E-state index in [0.717, 1.165) is 0 Å². The van der Waals surface area contributed by atoms with Crippen LogP contribution in [0.25, 0.3) is 0 Å². The molecule has 1 rings (SSSR count). The van der Waals surface area contributed by atoms with Gasteiger partial charge in [0, 0.05) is 0 Å². The van der Waals surface area contributed by atoms with Crippen molar-refractivity contribution in [3.05, 3.63) is 29.8 Å². The van der Waals surface area contributed by atoms with Gasteiger partial charge in [0.05, 0.1) is 30.1 Å². The molecular formula is C12H12BrNO4. The molecule has 1 aromatic carbocycles. The number of methoxy groups -OCH3 is 1. The van der Waals surface area contributed by atoms with E-state index in [9.17, 15) is 14.4 Å². The van der Waals surface area contributed by atoms with E-state index in [1.54, 1.807) is 18.2 Å². The van der Waals surface area contributed by atoms with Crippen LogP contribution >= 0.6 is 15.9 Å². The number of rotatable bonds is 5. The summed E-state index contributed by atoms with van der Waals surface area (Å²) >= 11 is 2.97. The maximum Gasteiger partial charge on any atom is 0.339 e. The summed E-state index contributed by atoms with van der Waals surface area (Å²) in [6.07, 6.45) is -0.235. The van der Waals surface area contributed by atoms with Gasteiger partial charge in [-0.3, -0.25) is 9.59 Å². The Hall–Kier alpha value is -1.69. The minimum atomic E-state index is -0.544. The first-order valence-corrected chi connectivity index (χ1v) is 6.25. The van der Waals surface area contributed by atoms with Crippen LogP contribution in [0.2, 0.25) is 0 Å². The molecule has 0 aliphatic carbocycles. The molecule has 0 saturated heterocycles. The Labute approximate surface area is 113 Å². The number of halogens is 1. The van der Waals surface area contributed by atoms with Gasteiger partial charge in [-0.05, 0) is 12.1 Å². The van der Waals surface area contributed by atoms with Crippen LogP contribution in [-0.4, -0.2) is 30.1 Å². The predicted octanol–water partition coefficient (Wildman–Crippen LogP) is 1.77. The van der Waals surface area contributed by atoms with Gasteiger partial charge in [-0.1, -0.05) is 28.1 Å². The van der Waals surface area contributed by atoms with Crippen LogP contribution in [0.15, 0.2) is 24.3 Å². The summed E-state index contributed by atoms with van der Waals surface area (Å²) in [4.78, 5) is 34.1. The van der Waals surface area contributed by atoms with Crippen molar-refractivity contribution in [1.29, 1.82) is 0 Å². The smallest absolute Gasteiger partial charge is 0.339 e. The number of amides is 1. The number of hydrogen-bond donors (Lipinski definition) is 1. The van der Waals surface area contributed by atoms with Crippen LogP contribution in [0.5, 0.6) is 0 Å². The molecule has 0 spiro atoms. The van der Waals surface area contributed by atoms with Crippen LogP contribution in [0.3, 0.4) is 0 Å². The van der Waals surface area contributed by atoms with Gasteiger partial charge < -0.3 is 10.1 Å². The van der Waals surface area contributed by atoms with Gasteiger partial charge in [0.25, 0.3) is 0 Å². The minimum Gasteiger partial charge on any atom is -0.465 e. The molecule has 0 aromatic heterocycles. The molecule has 0 aliphatic heterocycles. The number of nitrogens with one attached hydrogen (secondary N) is 1. The summed E-state index contributed by atoms with van der Waals surface area (Å²) in [6, 6.07) is 6.44. The van der Waals surface area contributed by atoms with Gasteiger partial charge in [-0.2, -0.15) is 0 Å². The minimum absolute atomic E-state index is 0.124. The van der Waals surface area contributed by atoms with Gasteiger partial charge in [0.1, 0.15) is 0 Å². The molecule has 0 saturated carbocycles. The molecule has 0 bridgehead atoms. The molecule has 1 amide bonds. The number of carbonyl (C=O) groups is 3. The van der Waals surface area contributed by atoms with E-state index in [4.69, 9.17) is 0 Å². The van der Waals surface area contributed by atoms with Crippen LogP contribution in [-0.2, 0) is 14.3 Å². The largest absolute Gasteiger partial charge is 0.465 e. The molecule has 0 heterocycles. The number of ether oxygens (including phenoxy) is 1. The topological polar surface area (TPSA) is 72.5 Å². The van der Waals surface area contributed by atoms with E-state index in [2.05, 4.69) is 26.0 Å². The summed E-state index contributed by atoms with van der Waals surface area (Å²) in [6.45, 7) is 0. The third kappa shape index (κ3) is 3.96. The van der Waals surface area contributed by atoms with E-state index in [-0.39, 0.29) is 23.1 Å². The lowest BCUT2D eigenvalue weighted by molar-refractivity contribution is -0.123. The van der Waals surface area contributed by atoms with Gasteiger partial charge in [0.2, 0.25) is 5.91 Å². The first-order chi connectivity index (χ1) is 8.58. The number of esters is 1. The van der Waals surface area contributed by atoms with Crippen molar-refractivity contribution in [3.63, 3.8) is 0 Å². The monoisotopic (exact) mass is 313 g/mol. The molecular weight excluding hydrogens is 302 g/mol. The Morgan fingerprint density at radius 2 is 1.94 bits per heavy atom. The summed E-state index contributed by atoms with van der Waals surface area (Å²) in [5, 5.41) is 2.63. The van der Waals surface area contributed by atoms with Gasteiger partial charge >= 0.3 is 5.97 Å². The maximum absolute atomic E-state index is 11.5. The second-order valence-electron chi connectivity index (χ2n) is 3.43. The third-order valence-corrected chi connectivity index (χ3v) is 2.74. The lowest BCUT2D eigenvalue weighted by atomic mass is 10.1. The number of anilines is 1. The van der Waals surface area contributed by atoms with Crippen molar-refractivity contribution in [2.75, 3.05) is 17.8 Å². The highest BCUT2D eigenvalue weighted by atomic mass is 79.9. The Kier molecular flexibility index (Phi) is 5.51. The predicted molar refractivity (Wildman–Crippen MR) is 69.8 cm³/mol. The Balaban J connectivity index is 2.81. The first kappa shape index (κ1) is 14.4. The molecule has 5 nitrogen and oxygen atoms in total. The Morgan fingerprint density at radius 3 is 2.56 bits per heavy atom. The van der Waals surface area contributed by atoms with E-state index in [1.807, 2.05) is 0 Å². The molecule has 0 unspecified atom stereocenters. The summed E-state index contributed by atoms with van der Waals surface area (Å²) in [7, 11) is 1.26. The van der Waals surface area contributed by atoms with Crippen LogP contribution in [0, 0.1) is 0 Å². The standard InChI is InChI=1S/C12H12BrNO4/c1-18-12(17)9-4-2-3-5-10(9)14-11(16)6-8(15)7-13/h2-5H,6-7H2,1H3,(H,14,16). The van der Waals surface area contributed by atoms with E-state index in [1.165, 1.54) is 13.2 Å². The Bertz CT molecular complexity index is 473. The molecule has 1 N–H and O–H groups in total. The number of benzene rings is 1. The highest BCUT2D eigenvalue weighted by Gasteiger charge is 2.14. The van der Waals surface area contributed by atoms with Crippen LogP contribution in [0.4, 0.5) is 5.69 Å². The molecule has 18 heavy (non-hydrogen) atoms. The fraction of sp³-hybridized carbons (Fsp3) is 0.250. The van der Waals surface area contributed by atoms with Crippen LogP contribution in [0.1, 0.15) is 16.8 Å². The zero-order valence-corrected chi connectivity index (χ0v) is 11.3. The summed E-state index contributed by atoms with van der Waals surface area (Å²) < 4.78 is 4.60. The van der Waals surface area contributed by atoms with Crippen molar-refractivity contribution in [1.82, 2.24) is 0 Å². The molecule has 0 aliphatic rings. The molecule has 96 valence electrons. The Morgan fingerprint density at radius 1 is 1.28 bits per heavy atom. The third-order valence-electron chi connectivity index (χ3n) is 2.11. The lowest BCUT2D eigenvalue weighted by Gasteiger charge is -2.08. The molecule has 0 fully saturated rings. The van der Waals surface area contributed by atoms with Gasteiger partial charge in [0.15, 0.2) is 5.78 Å². The fourth-order valence-corrected chi connectivity index (χ4v) is 1.50. The van der Waals surface area contributed by atoms with Crippen molar-refractivity contribution < 1.29 is 19.1 Å². The SMILES string of the molecule is COC(=O)c1ccccc1NC(=O)CC(=O)CBr. The number of hydrogen-bond acceptors (Lipinski definition) is 4. The van der Waals surface area contributed by atoms with Crippen molar-refractivity contribution in [2.45, 2.75) is 6.42 Å². The normalized spacial score (nSPS) is 9.67. The van der Waals surface area contributed by atoms with E-state index >= 15 is 0 Å². The highest BCUT2D eigenvalue weighted by Crippen LogP contribution is 2.16. The highest BCUT2D eigenvalue weighted by molar-refractivity contribution is 9.09. The zero-order valence-electron chi connectivity index (χ0n) is 9.73. The summed E-state index contributed by atoms with van der Waals surface area (Å²) in [5.41, 5.74) is 0.580. The second-order valence-corrected chi connectivity index (χ2v) is 4.00. The zero-order chi connectivity index (χ0) is 13.5. The van der Waals surface area contributed by atoms with E-state index < -0.39 is 11.9 Å². The molecule has 6 heteroatoms. The van der Waals surface area contributed by atoms with Gasteiger partial charge in [-0.15, -0.1) is 0 Å². The first-order valence-electron chi connectivity index (χ1n) is 5.13. The number of alkyl halides is 1. The number of carbonyl (C=O) groups excluding carboxylic acids is 3. The average Bonchev–Trinajstić information content (AvgIpc) is 2.38. The maximum atomic E-state index is 11.5. The van der Waals surface area contributed by atoms with Gasteiger partial charge in [-0.25, -0.2) is 4.79 Å².